The SMILES string of the molecule is BrCc1ccc(OCCOc2ccccc2)cn1. The van der Waals surface area contributed by atoms with Gasteiger partial charge in [0.15, 0.2) is 0 Å². The summed E-state index contributed by atoms with van der Waals surface area (Å²) in [5.74, 6) is 1.62. The number of nitrogens with zero attached hydrogens (tertiary/aromatic N) is 1. The number of para-hydroxylation sites is 1. The summed E-state index contributed by atoms with van der Waals surface area (Å²) >= 11 is 3.35. The largest absolute Gasteiger partial charge is 0.490 e. The van der Waals surface area contributed by atoms with Crippen LogP contribution in [-0.4, -0.2) is 18.2 Å². The van der Waals surface area contributed by atoms with Crippen molar-refractivity contribution in [3.8, 4) is 11.5 Å². The molecule has 2 aromatic rings. The molecule has 18 heavy (non-hydrogen) atoms. The van der Waals surface area contributed by atoms with Gasteiger partial charge in [-0.2, -0.15) is 0 Å². The minimum absolute atomic E-state index is 0.504. The van der Waals surface area contributed by atoms with Gasteiger partial charge in [0.1, 0.15) is 24.7 Å². The zero-order valence-corrected chi connectivity index (χ0v) is 11.5. The summed E-state index contributed by atoms with van der Waals surface area (Å²) in [7, 11) is 0. The molecule has 0 amide bonds. The van der Waals surface area contributed by atoms with Crippen molar-refractivity contribution < 1.29 is 9.47 Å². The third-order valence-electron chi connectivity index (χ3n) is 2.30. The first-order valence-corrected chi connectivity index (χ1v) is 6.82. The summed E-state index contributed by atoms with van der Waals surface area (Å²) in [6.45, 7) is 1.02. The van der Waals surface area contributed by atoms with Crippen LogP contribution in [0.15, 0.2) is 48.7 Å². The van der Waals surface area contributed by atoms with Gasteiger partial charge < -0.3 is 9.47 Å². The Hall–Kier alpha value is -1.55. The maximum absolute atomic E-state index is 5.52. The van der Waals surface area contributed by atoms with Crippen LogP contribution >= 0.6 is 15.9 Å². The third kappa shape index (κ3) is 4.04. The number of hydrogen-bond acceptors (Lipinski definition) is 3. The highest BCUT2D eigenvalue weighted by molar-refractivity contribution is 9.08. The van der Waals surface area contributed by atoms with Gasteiger partial charge in [-0.15, -0.1) is 0 Å². The average Bonchev–Trinajstić information content (AvgIpc) is 2.45. The number of pyridine rings is 1. The number of ether oxygens (including phenoxy) is 2. The molecular formula is C14H14BrNO2. The van der Waals surface area contributed by atoms with E-state index in [1.54, 1.807) is 6.20 Å². The van der Waals surface area contributed by atoms with Crippen molar-refractivity contribution >= 4 is 15.9 Å². The van der Waals surface area contributed by atoms with E-state index < -0.39 is 0 Å². The Labute approximate surface area is 115 Å². The quantitative estimate of drug-likeness (QED) is 0.605. The average molecular weight is 308 g/mol. The standard InChI is InChI=1S/C14H14BrNO2/c15-10-12-6-7-14(11-16-12)18-9-8-17-13-4-2-1-3-5-13/h1-7,11H,8-10H2. The van der Waals surface area contributed by atoms with Gasteiger partial charge in [-0.05, 0) is 24.3 Å². The molecule has 0 saturated carbocycles. The molecule has 0 aliphatic carbocycles. The first kappa shape index (κ1) is 12.9. The molecule has 0 aliphatic rings. The van der Waals surface area contributed by atoms with E-state index in [1.165, 1.54) is 0 Å². The number of rotatable bonds is 6. The van der Waals surface area contributed by atoms with E-state index in [2.05, 4.69) is 20.9 Å². The van der Waals surface area contributed by atoms with Gasteiger partial charge in [0.25, 0.3) is 0 Å². The van der Waals surface area contributed by atoms with Crippen LogP contribution in [-0.2, 0) is 5.33 Å². The summed E-state index contributed by atoms with van der Waals surface area (Å²) in [6.07, 6.45) is 1.72. The highest BCUT2D eigenvalue weighted by atomic mass is 79.9. The van der Waals surface area contributed by atoms with Crippen LogP contribution in [0.1, 0.15) is 5.69 Å². The molecule has 1 aromatic carbocycles. The lowest BCUT2D eigenvalue weighted by Gasteiger charge is -2.08. The minimum atomic E-state index is 0.504. The molecule has 0 atom stereocenters. The molecule has 0 N–H and O–H groups in total. The van der Waals surface area contributed by atoms with E-state index in [4.69, 9.17) is 9.47 Å². The van der Waals surface area contributed by atoms with Crippen molar-refractivity contribution in [3.63, 3.8) is 0 Å². The Morgan fingerprint density at radius 1 is 0.889 bits per heavy atom. The van der Waals surface area contributed by atoms with Crippen LogP contribution in [0, 0.1) is 0 Å². The molecule has 0 unspecified atom stereocenters. The molecule has 94 valence electrons. The van der Waals surface area contributed by atoms with Crippen LogP contribution < -0.4 is 9.47 Å². The molecule has 0 saturated heterocycles. The monoisotopic (exact) mass is 307 g/mol. The smallest absolute Gasteiger partial charge is 0.137 e. The van der Waals surface area contributed by atoms with Gasteiger partial charge in [-0.3, -0.25) is 4.98 Å². The molecule has 0 bridgehead atoms. The van der Waals surface area contributed by atoms with E-state index in [1.807, 2.05) is 42.5 Å². The Bertz CT molecular complexity index is 459. The second kappa shape index (κ2) is 7.01. The third-order valence-corrected chi connectivity index (χ3v) is 2.87. The number of hydrogen-bond donors (Lipinski definition) is 0. The van der Waals surface area contributed by atoms with Crippen molar-refractivity contribution in [2.75, 3.05) is 13.2 Å². The zero-order valence-electron chi connectivity index (χ0n) is 9.88. The van der Waals surface area contributed by atoms with Crippen LogP contribution in [0.25, 0.3) is 0 Å². The first-order chi connectivity index (χ1) is 8.88. The van der Waals surface area contributed by atoms with E-state index in [9.17, 15) is 0 Å². The van der Waals surface area contributed by atoms with Crippen molar-refractivity contribution in [2.45, 2.75) is 5.33 Å². The molecule has 1 aromatic heterocycles. The van der Waals surface area contributed by atoms with Gasteiger partial charge in [0.2, 0.25) is 0 Å². The second-order valence-corrected chi connectivity index (χ2v) is 4.19. The first-order valence-electron chi connectivity index (χ1n) is 5.70. The maximum Gasteiger partial charge on any atom is 0.137 e. The van der Waals surface area contributed by atoms with Crippen molar-refractivity contribution in [1.29, 1.82) is 0 Å². The van der Waals surface area contributed by atoms with Crippen molar-refractivity contribution in [1.82, 2.24) is 4.98 Å². The van der Waals surface area contributed by atoms with Gasteiger partial charge in [0.05, 0.1) is 11.9 Å². The number of alkyl halides is 1. The summed E-state index contributed by atoms with van der Waals surface area (Å²) < 4.78 is 11.0. The number of aromatic nitrogens is 1. The lowest BCUT2D eigenvalue weighted by atomic mass is 10.3. The van der Waals surface area contributed by atoms with E-state index in [0.717, 1.165) is 22.5 Å². The lowest BCUT2D eigenvalue weighted by Crippen LogP contribution is -2.09. The number of halogens is 1. The van der Waals surface area contributed by atoms with Crippen molar-refractivity contribution in [2.24, 2.45) is 0 Å². The van der Waals surface area contributed by atoms with Crippen LogP contribution in [0.4, 0.5) is 0 Å². The van der Waals surface area contributed by atoms with E-state index >= 15 is 0 Å². The lowest BCUT2D eigenvalue weighted by molar-refractivity contribution is 0.216. The van der Waals surface area contributed by atoms with Gasteiger partial charge in [-0.1, -0.05) is 34.1 Å². The fourth-order valence-electron chi connectivity index (χ4n) is 1.41. The van der Waals surface area contributed by atoms with Crippen molar-refractivity contribution in [3.05, 3.63) is 54.4 Å². The fourth-order valence-corrected chi connectivity index (χ4v) is 1.74. The normalized spacial score (nSPS) is 10.1. The maximum atomic E-state index is 5.52. The highest BCUT2D eigenvalue weighted by Crippen LogP contribution is 2.11. The Kier molecular flexibility index (Phi) is 5.02. The topological polar surface area (TPSA) is 31.4 Å². The molecular weight excluding hydrogens is 294 g/mol. The molecule has 0 radical (unpaired) electrons. The van der Waals surface area contributed by atoms with Crippen LogP contribution in [0.5, 0.6) is 11.5 Å². The van der Waals surface area contributed by atoms with Gasteiger partial charge >= 0.3 is 0 Å². The van der Waals surface area contributed by atoms with Gasteiger partial charge in [-0.25, -0.2) is 0 Å². The molecule has 0 aliphatic heterocycles. The zero-order chi connectivity index (χ0) is 12.6. The Morgan fingerprint density at radius 3 is 2.22 bits per heavy atom. The Balaban J connectivity index is 1.72. The summed E-state index contributed by atoms with van der Waals surface area (Å²) in [5, 5.41) is 0.754. The molecule has 1 heterocycles. The molecule has 4 heteroatoms. The minimum Gasteiger partial charge on any atom is -0.490 e. The fraction of sp³-hybridized carbons (Fsp3) is 0.214. The molecule has 0 fully saturated rings. The van der Waals surface area contributed by atoms with Crippen LogP contribution in [0.3, 0.4) is 0 Å². The summed E-state index contributed by atoms with van der Waals surface area (Å²) in [6, 6.07) is 13.5. The molecule has 0 spiro atoms. The summed E-state index contributed by atoms with van der Waals surface area (Å²) in [4.78, 5) is 4.22. The summed E-state index contributed by atoms with van der Waals surface area (Å²) in [5.41, 5.74) is 0.989. The highest BCUT2D eigenvalue weighted by Gasteiger charge is 1.96. The number of benzene rings is 1. The predicted octanol–water partition coefficient (Wildman–Crippen LogP) is 3.43. The molecule has 3 nitrogen and oxygen atoms in total. The van der Waals surface area contributed by atoms with Gasteiger partial charge in [0, 0.05) is 5.33 Å². The van der Waals surface area contributed by atoms with E-state index in [-0.39, 0.29) is 0 Å². The molecule has 2 rings (SSSR count). The Morgan fingerprint density at radius 2 is 1.61 bits per heavy atom. The van der Waals surface area contributed by atoms with Crippen LogP contribution in [0.2, 0.25) is 0 Å². The second-order valence-electron chi connectivity index (χ2n) is 3.63. The predicted molar refractivity (Wildman–Crippen MR) is 74.3 cm³/mol. The van der Waals surface area contributed by atoms with E-state index in [0.29, 0.717) is 13.2 Å².